The highest BCUT2D eigenvalue weighted by Crippen LogP contribution is 2.16. The summed E-state index contributed by atoms with van der Waals surface area (Å²) >= 11 is 0. The normalized spacial score (nSPS) is 10.3. The molecule has 0 bridgehead atoms. The van der Waals surface area contributed by atoms with E-state index in [4.69, 9.17) is 9.47 Å². The molecule has 0 spiro atoms. The number of rotatable bonds is 7. The molecular weight excluding hydrogens is 314 g/mol. The number of hydrogen-bond donors (Lipinski definition) is 0. The summed E-state index contributed by atoms with van der Waals surface area (Å²) in [6.07, 6.45) is 4.16. The van der Waals surface area contributed by atoms with Gasteiger partial charge in [0, 0.05) is 18.7 Å². The number of ether oxygens (including phenoxy) is 3. The van der Waals surface area contributed by atoms with Crippen LogP contribution in [0.5, 0.6) is 5.88 Å². The van der Waals surface area contributed by atoms with Gasteiger partial charge in [0.25, 0.3) is 0 Å². The van der Waals surface area contributed by atoms with Gasteiger partial charge in [0.15, 0.2) is 0 Å². The molecule has 2 aromatic heterocycles. The van der Waals surface area contributed by atoms with E-state index < -0.39 is 5.97 Å². The molecule has 0 unspecified atom stereocenters. The third-order valence-corrected chi connectivity index (χ3v) is 3.40. The van der Waals surface area contributed by atoms with Gasteiger partial charge in [-0.2, -0.15) is 0 Å². The summed E-state index contributed by atoms with van der Waals surface area (Å²) in [5, 5.41) is 0. The van der Waals surface area contributed by atoms with Crippen molar-refractivity contribution in [1.82, 2.24) is 14.5 Å². The summed E-state index contributed by atoms with van der Waals surface area (Å²) in [7, 11) is 4.17. The molecule has 2 heterocycles. The molecule has 0 aromatic carbocycles. The highest BCUT2D eigenvalue weighted by atomic mass is 16.5. The van der Waals surface area contributed by atoms with Crippen LogP contribution in [0.1, 0.15) is 28.2 Å². The number of methoxy groups -OCH3 is 3. The van der Waals surface area contributed by atoms with E-state index in [9.17, 15) is 9.59 Å². The number of carbonyl (C=O) groups excluding carboxylic acids is 2. The largest absolute Gasteiger partial charge is 0.481 e. The standard InChI is InChI=1S/C16H19N3O5/c1-22-14-6-5-12(16(21)24-3)13(18-14)9-19-8-11(17-10-19)4-7-15(20)23-2/h5-6,8,10H,4,7,9H2,1-3H3. The van der Waals surface area contributed by atoms with E-state index in [1.807, 2.05) is 0 Å². The van der Waals surface area contributed by atoms with Gasteiger partial charge in [-0.1, -0.05) is 0 Å². The smallest absolute Gasteiger partial charge is 0.339 e. The quantitative estimate of drug-likeness (QED) is 0.704. The van der Waals surface area contributed by atoms with Gasteiger partial charge in [-0.05, 0) is 6.07 Å². The summed E-state index contributed by atoms with van der Waals surface area (Å²) < 4.78 is 16.3. The van der Waals surface area contributed by atoms with Crippen LogP contribution in [-0.4, -0.2) is 47.8 Å². The van der Waals surface area contributed by atoms with Crippen LogP contribution in [0, 0.1) is 0 Å². The Balaban J connectivity index is 2.16. The van der Waals surface area contributed by atoms with Crippen molar-refractivity contribution in [2.24, 2.45) is 0 Å². The van der Waals surface area contributed by atoms with Gasteiger partial charge in [-0.3, -0.25) is 4.79 Å². The van der Waals surface area contributed by atoms with Gasteiger partial charge in [-0.25, -0.2) is 14.8 Å². The lowest BCUT2D eigenvalue weighted by atomic mass is 10.2. The van der Waals surface area contributed by atoms with Crippen LogP contribution in [0.15, 0.2) is 24.7 Å². The molecule has 0 aliphatic rings. The molecule has 128 valence electrons. The number of aromatic nitrogens is 3. The number of esters is 2. The first-order valence-electron chi connectivity index (χ1n) is 7.27. The summed E-state index contributed by atoms with van der Waals surface area (Å²) in [6.45, 7) is 0.326. The van der Waals surface area contributed by atoms with E-state index in [-0.39, 0.29) is 12.4 Å². The minimum absolute atomic E-state index is 0.262. The molecule has 24 heavy (non-hydrogen) atoms. The number of pyridine rings is 1. The number of carbonyl (C=O) groups is 2. The van der Waals surface area contributed by atoms with Gasteiger partial charge >= 0.3 is 11.9 Å². The first-order valence-corrected chi connectivity index (χ1v) is 7.27. The van der Waals surface area contributed by atoms with E-state index in [2.05, 4.69) is 14.7 Å². The third-order valence-electron chi connectivity index (χ3n) is 3.40. The summed E-state index contributed by atoms with van der Waals surface area (Å²) in [4.78, 5) is 31.6. The second-order valence-electron chi connectivity index (χ2n) is 4.95. The molecule has 0 saturated carbocycles. The lowest BCUT2D eigenvalue weighted by Crippen LogP contribution is -2.11. The van der Waals surface area contributed by atoms with Crippen molar-refractivity contribution in [2.45, 2.75) is 19.4 Å². The first-order chi connectivity index (χ1) is 11.6. The molecule has 0 saturated heterocycles. The maximum absolute atomic E-state index is 11.9. The predicted octanol–water partition coefficient (Wildman–Crippen LogP) is 1.23. The van der Waals surface area contributed by atoms with Crippen molar-refractivity contribution in [1.29, 1.82) is 0 Å². The fourth-order valence-corrected chi connectivity index (χ4v) is 2.14. The molecule has 2 rings (SSSR count). The lowest BCUT2D eigenvalue weighted by Gasteiger charge is -2.09. The van der Waals surface area contributed by atoms with Gasteiger partial charge in [-0.15, -0.1) is 0 Å². The Bertz CT molecular complexity index is 726. The second kappa shape index (κ2) is 8.09. The molecule has 0 amide bonds. The van der Waals surface area contributed by atoms with Crippen molar-refractivity contribution in [2.75, 3.05) is 21.3 Å². The Labute approximate surface area is 139 Å². The van der Waals surface area contributed by atoms with Crippen molar-refractivity contribution in [3.63, 3.8) is 0 Å². The van der Waals surface area contributed by atoms with Crippen LogP contribution in [0.25, 0.3) is 0 Å². The van der Waals surface area contributed by atoms with Gasteiger partial charge < -0.3 is 18.8 Å². The topological polar surface area (TPSA) is 92.5 Å². The highest BCUT2D eigenvalue weighted by Gasteiger charge is 2.15. The van der Waals surface area contributed by atoms with E-state index >= 15 is 0 Å². The van der Waals surface area contributed by atoms with Crippen LogP contribution in [-0.2, 0) is 27.2 Å². The fourth-order valence-electron chi connectivity index (χ4n) is 2.14. The Morgan fingerprint density at radius 2 is 1.96 bits per heavy atom. The van der Waals surface area contributed by atoms with Gasteiger partial charge in [0.1, 0.15) is 0 Å². The molecule has 0 fully saturated rings. The van der Waals surface area contributed by atoms with Crippen LogP contribution in [0.3, 0.4) is 0 Å². The molecule has 8 nitrogen and oxygen atoms in total. The monoisotopic (exact) mass is 333 g/mol. The Morgan fingerprint density at radius 1 is 1.17 bits per heavy atom. The average Bonchev–Trinajstić information content (AvgIpc) is 3.06. The molecule has 0 N–H and O–H groups in total. The van der Waals surface area contributed by atoms with Crippen molar-refractivity contribution in [3.05, 3.63) is 41.6 Å². The number of imidazole rings is 1. The maximum atomic E-state index is 11.9. The van der Waals surface area contributed by atoms with Crippen molar-refractivity contribution in [3.8, 4) is 5.88 Å². The predicted molar refractivity (Wildman–Crippen MR) is 83.8 cm³/mol. The fraction of sp³-hybridized carbons (Fsp3) is 0.375. The first kappa shape index (κ1) is 17.5. The zero-order valence-corrected chi connectivity index (χ0v) is 13.8. The number of aryl methyl sites for hydroxylation is 1. The second-order valence-corrected chi connectivity index (χ2v) is 4.95. The van der Waals surface area contributed by atoms with E-state index in [0.29, 0.717) is 30.1 Å². The van der Waals surface area contributed by atoms with E-state index in [0.717, 1.165) is 5.69 Å². The molecular formula is C16H19N3O5. The van der Waals surface area contributed by atoms with Crippen LogP contribution >= 0.6 is 0 Å². The summed E-state index contributed by atoms with van der Waals surface area (Å²) in [5.74, 6) is -0.346. The van der Waals surface area contributed by atoms with Gasteiger partial charge in [0.2, 0.25) is 5.88 Å². The molecule has 8 heteroatoms. The Hall–Kier alpha value is -2.90. The summed E-state index contributed by atoms with van der Waals surface area (Å²) in [5.41, 5.74) is 1.63. The lowest BCUT2D eigenvalue weighted by molar-refractivity contribution is -0.140. The Kier molecular flexibility index (Phi) is 5.89. The van der Waals surface area contributed by atoms with E-state index in [1.54, 1.807) is 29.2 Å². The number of hydrogen-bond acceptors (Lipinski definition) is 7. The molecule has 0 aliphatic heterocycles. The van der Waals surface area contributed by atoms with Crippen molar-refractivity contribution >= 4 is 11.9 Å². The Morgan fingerprint density at radius 3 is 2.62 bits per heavy atom. The summed E-state index contributed by atoms with van der Waals surface area (Å²) in [6, 6.07) is 3.22. The number of nitrogens with zero attached hydrogens (tertiary/aromatic N) is 3. The maximum Gasteiger partial charge on any atom is 0.339 e. The van der Waals surface area contributed by atoms with Gasteiger partial charge in [0.05, 0.1) is 57.6 Å². The molecule has 0 atom stereocenters. The average molecular weight is 333 g/mol. The van der Waals surface area contributed by atoms with Crippen molar-refractivity contribution < 1.29 is 23.8 Å². The van der Waals surface area contributed by atoms with Crippen LogP contribution < -0.4 is 4.74 Å². The highest BCUT2D eigenvalue weighted by molar-refractivity contribution is 5.90. The molecule has 0 aliphatic carbocycles. The SMILES string of the molecule is COC(=O)CCc1cn(Cc2nc(OC)ccc2C(=O)OC)cn1. The molecule has 2 aromatic rings. The van der Waals surface area contributed by atoms with Crippen LogP contribution in [0.2, 0.25) is 0 Å². The third kappa shape index (κ3) is 4.31. The zero-order chi connectivity index (χ0) is 17.5. The van der Waals surface area contributed by atoms with E-state index in [1.165, 1.54) is 21.3 Å². The minimum atomic E-state index is -0.466. The minimum Gasteiger partial charge on any atom is -0.481 e. The molecule has 0 radical (unpaired) electrons. The van der Waals surface area contributed by atoms with Crippen LogP contribution in [0.4, 0.5) is 0 Å². The zero-order valence-electron chi connectivity index (χ0n) is 13.8.